The van der Waals surface area contributed by atoms with Gasteiger partial charge in [-0.3, -0.25) is 0 Å². The number of aryl methyl sites for hydroxylation is 6. The van der Waals surface area contributed by atoms with Crippen molar-refractivity contribution in [2.75, 3.05) is 0 Å². The second kappa shape index (κ2) is 20.3. The van der Waals surface area contributed by atoms with E-state index in [4.69, 9.17) is 17.0 Å². The van der Waals surface area contributed by atoms with E-state index < -0.39 is 20.8 Å². The Balaban J connectivity index is 0.000000315. The molecule has 4 aromatic rings. The number of hydrogen-bond donors (Lipinski definition) is 0. The molecule has 0 aromatic heterocycles. The first-order chi connectivity index (χ1) is 18.3. The molecular weight excluding hydrogens is 599 g/mol. The molecule has 0 aliphatic rings. The van der Waals surface area contributed by atoms with Crippen LogP contribution in [0.4, 0.5) is 0 Å². The molecule has 4 aromatic carbocycles. The Kier molecular flexibility index (Phi) is 18.8. The van der Waals surface area contributed by atoms with Crippen LogP contribution in [0.5, 0.6) is 0 Å². The van der Waals surface area contributed by atoms with Crippen molar-refractivity contribution >= 4 is 48.1 Å². The molecule has 206 valence electrons. The Labute approximate surface area is 255 Å². The topological polar surface area (TPSA) is 0 Å². The van der Waals surface area contributed by atoms with E-state index in [1.165, 1.54) is 106 Å². The molecule has 0 fully saturated rings. The molecule has 0 bridgehead atoms. The third kappa shape index (κ3) is 11.8. The fourth-order valence-corrected chi connectivity index (χ4v) is 4.87. The van der Waals surface area contributed by atoms with Crippen LogP contribution in [0.25, 0.3) is 21.5 Å². The SMILES string of the molecule is CCCCCc1ccc(C)c2[cH-]c(C)cc12.CCCCCc1ccc(C)c2[cH-]c(C)cc12.C[Si]C.[Cl][Zr+2][Cl]. The van der Waals surface area contributed by atoms with E-state index in [-0.39, 0.29) is 0 Å². The second-order valence-corrected chi connectivity index (χ2v) is 15.0. The monoisotopic (exact) mass is 644 g/mol. The Morgan fingerprint density at radius 3 is 1.32 bits per heavy atom. The van der Waals surface area contributed by atoms with E-state index >= 15 is 0 Å². The number of benzene rings is 2. The molecule has 0 amide bonds. The molecule has 4 rings (SSSR count). The zero-order valence-corrected chi connectivity index (χ0v) is 30.0. The van der Waals surface area contributed by atoms with Gasteiger partial charge in [0.15, 0.2) is 0 Å². The second-order valence-electron chi connectivity index (χ2n) is 10.3. The molecule has 0 nitrogen and oxygen atoms in total. The summed E-state index contributed by atoms with van der Waals surface area (Å²) in [6, 6.07) is 18.5. The van der Waals surface area contributed by atoms with Crippen molar-refractivity contribution in [2.45, 2.75) is 106 Å². The summed E-state index contributed by atoms with van der Waals surface area (Å²) < 4.78 is 0. The summed E-state index contributed by atoms with van der Waals surface area (Å²) in [5.74, 6) is 0. The average molecular weight is 647 g/mol. The first-order valence-corrected chi connectivity index (χ1v) is 22.5. The van der Waals surface area contributed by atoms with E-state index in [1.807, 2.05) is 0 Å². The number of halogens is 2. The van der Waals surface area contributed by atoms with Crippen molar-refractivity contribution < 1.29 is 20.8 Å². The van der Waals surface area contributed by atoms with Crippen LogP contribution < -0.4 is 0 Å². The van der Waals surface area contributed by atoms with Crippen molar-refractivity contribution in [1.29, 1.82) is 0 Å². The Hall–Kier alpha value is -0.660. The first-order valence-electron chi connectivity index (χ1n) is 14.1. The van der Waals surface area contributed by atoms with E-state index in [1.54, 1.807) is 0 Å². The van der Waals surface area contributed by atoms with E-state index in [0.29, 0.717) is 0 Å². The van der Waals surface area contributed by atoms with Gasteiger partial charge in [-0.05, 0) is 12.8 Å². The van der Waals surface area contributed by atoms with Gasteiger partial charge in [-0.15, -0.1) is 68.1 Å². The molecule has 4 heteroatoms. The molecule has 0 spiro atoms. The Morgan fingerprint density at radius 1 is 0.658 bits per heavy atom. The van der Waals surface area contributed by atoms with Gasteiger partial charge in [0.1, 0.15) is 0 Å². The van der Waals surface area contributed by atoms with Gasteiger partial charge in [0, 0.05) is 9.52 Å². The van der Waals surface area contributed by atoms with Gasteiger partial charge in [0.2, 0.25) is 0 Å². The number of unbranched alkanes of at least 4 members (excludes halogenated alkanes) is 4. The number of fused-ring (bicyclic) bond motifs is 2. The standard InChI is InChI=1S/2C16H21.C2H6Si.2ClH.Zr/c2*1-4-5-6-7-14-9-8-13(3)15-10-12(2)11-16(14)15;1-3-2;;;/h2*8-11H,4-7H2,1-3H3;1-2H3;2*1H;/q2*-1;;;;+4/p-2. The molecule has 0 atom stereocenters. The van der Waals surface area contributed by atoms with Crippen LogP contribution in [0.1, 0.15) is 85.8 Å². The van der Waals surface area contributed by atoms with Crippen LogP contribution in [0.15, 0.2) is 48.5 Å². The quantitative estimate of drug-likeness (QED) is 0.101. The third-order valence-corrected chi connectivity index (χ3v) is 6.78. The fourth-order valence-electron chi connectivity index (χ4n) is 4.87. The van der Waals surface area contributed by atoms with Crippen LogP contribution in [0, 0.1) is 27.7 Å². The van der Waals surface area contributed by atoms with Gasteiger partial charge in [-0.1, -0.05) is 116 Å². The van der Waals surface area contributed by atoms with Gasteiger partial charge >= 0.3 is 37.9 Å². The summed E-state index contributed by atoms with van der Waals surface area (Å²) in [6.07, 6.45) is 10.4. The predicted molar refractivity (Wildman–Crippen MR) is 174 cm³/mol. The maximum atomic E-state index is 4.93. The van der Waals surface area contributed by atoms with E-state index in [2.05, 4.69) is 103 Å². The summed E-state index contributed by atoms with van der Waals surface area (Å²) in [6.45, 7) is 17.6. The molecule has 0 saturated heterocycles. The minimum atomic E-state index is -0.826. The summed E-state index contributed by atoms with van der Waals surface area (Å²) in [5, 5.41) is 5.86. The van der Waals surface area contributed by atoms with Gasteiger partial charge in [0.05, 0.1) is 0 Å². The number of rotatable bonds is 8. The summed E-state index contributed by atoms with van der Waals surface area (Å²) in [5.41, 5.74) is 8.65. The molecule has 2 radical (unpaired) electrons. The van der Waals surface area contributed by atoms with Gasteiger partial charge in [-0.25, -0.2) is 0 Å². The normalized spacial score (nSPS) is 10.2. The minimum absolute atomic E-state index is 0.826. The van der Waals surface area contributed by atoms with Crippen molar-refractivity contribution in [3.05, 3.63) is 81.9 Å². The zero-order valence-electron chi connectivity index (χ0n) is 25.0. The third-order valence-electron chi connectivity index (χ3n) is 6.78. The van der Waals surface area contributed by atoms with Crippen molar-refractivity contribution in [3.8, 4) is 0 Å². The van der Waals surface area contributed by atoms with Crippen molar-refractivity contribution in [1.82, 2.24) is 0 Å². The first kappa shape index (κ1) is 35.4. The molecule has 38 heavy (non-hydrogen) atoms. The summed E-state index contributed by atoms with van der Waals surface area (Å²) in [4.78, 5) is 0. The number of hydrogen-bond acceptors (Lipinski definition) is 0. The molecular formula is C34H48Cl2SiZr. The van der Waals surface area contributed by atoms with Crippen LogP contribution >= 0.6 is 17.0 Å². The van der Waals surface area contributed by atoms with Crippen molar-refractivity contribution in [3.63, 3.8) is 0 Å². The molecule has 0 unspecified atom stereocenters. The molecule has 0 aliphatic heterocycles. The summed E-state index contributed by atoms with van der Waals surface area (Å²) in [7, 11) is 11.0. The van der Waals surface area contributed by atoms with E-state index in [9.17, 15) is 0 Å². The maximum absolute atomic E-state index is 4.93. The van der Waals surface area contributed by atoms with E-state index in [0.717, 1.165) is 9.52 Å². The summed E-state index contributed by atoms with van der Waals surface area (Å²) >= 11 is -0.826. The van der Waals surface area contributed by atoms with Crippen LogP contribution in [-0.4, -0.2) is 9.52 Å². The van der Waals surface area contributed by atoms with Crippen LogP contribution in [0.2, 0.25) is 13.1 Å². The van der Waals surface area contributed by atoms with Crippen molar-refractivity contribution in [2.24, 2.45) is 0 Å². The van der Waals surface area contributed by atoms with Gasteiger partial charge in [0.25, 0.3) is 0 Å². The van der Waals surface area contributed by atoms with Gasteiger partial charge < -0.3 is 0 Å². The molecule has 0 saturated carbocycles. The molecule has 0 N–H and O–H groups in total. The van der Waals surface area contributed by atoms with Gasteiger partial charge in [-0.2, -0.15) is 12.1 Å². The fraction of sp³-hybridized carbons (Fsp3) is 0.471. The Morgan fingerprint density at radius 2 is 1.00 bits per heavy atom. The Bertz CT molecular complexity index is 1090. The molecule has 0 heterocycles. The van der Waals surface area contributed by atoms with Crippen LogP contribution in [0.3, 0.4) is 0 Å². The molecule has 0 aliphatic carbocycles. The average Bonchev–Trinajstić information content (AvgIpc) is 3.47. The predicted octanol–water partition coefficient (Wildman–Crippen LogP) is 12.0. The van der Waals surface area contributed by atoms with Crippen LogP contribution in [-0.2, 0) is 33.7 Å². The zero-order chi connectivity index (χ0) is 28.5.